The van der Waals surface area contributed by atoms with Crippen LogP contribution in [0.15, 0.2) is 29.3 Å². The van der Waals surface area contributed by atoms with Crippen molar-refractivity contribution in [3.8, 4) is 0 Å². The lowest BCUT2D eigenvalue weighted by atomic mass is 10.1. The Balaban J connectivity index is 1.64. The van der Waals surface area contributed by atoms with Crippen LogP contribution in [-0.4, -0.2) is 34.2 Å². The van der Waals surface area contributed by atoms with Crippen LogP contribution in [0.1, 0.15) is 31.7 Å². The van der Waals surface area contributed by atoms with Crippen molar-refractivity contribution in [3.63, 3.8) is 0 Å². The predicted molar refractivity (Wildman–Crippen MR) is 91.9 cm³/mol. The van der Waals surface area contributed by atoms with Crippen LogP contribution in [-0.2, 0) is 16.1 Å². The fraction of sp³-hybridized carbons (Fsp3) is 0.500. The van der Waals surface area contributed by atoms with Crippen LogP contribution in [0.3, 0.4) is 0 Å². The van der Waals surface area contributed by atoms with E-state index in [1.807, 2.05) is 26.0 Å². The molecule has 1 N–H and O–H groups in total. The van der Waals surface area contributed by atoms with Crippen LogP contribution in [0.25, 0.3) is 10.9 Å². The summed E-state index contributed by atoms with van der Waals surface area (Å²) in [6.45, 7) is 4.97. The summed E-state index contributed by atoms with van der Waals surface area (Å²) < 4.78 is 7.08. The van der Waals surface area contributed by atoms with Crippen molar-refractivity contribution in [3.05, 3.63) is 40.4 Å². The van der Waals surface area contributed by atoms with Crippen LogP contribution < -0.4 is 10.9 Å². The van der Waals surface area contributed by atoms with Crippen LogP contribution in [0.4, 0.5) is 0 Å². The summed E-state index contributed by atoms with van der Waals surface area (Å²) in [5.41, 5.74) is 1.58. The topological polar surface area (TPSA) is 73.2 Å². The quantitative estimate of drug-likeness (QED) is 0.907. The zero-order valence-corrected chi connectivity index (χ0v) is 14.1. The second kappa shape index (κ2) is 7.13. The van der Waals surface area contributed by atoms with E-state index in [4.69, 9.17) is 4.74 Å². The maximum absolute atomic E-state index is 12.5. The largest absolute Gasteiger partial charge is 0.376 e. The van der Waals surface area contributed by atoms with Crippen LogP contribution in [0, 0.1) is 6.92 Å². The fourth-order valence-electron chi connectivity index (χ4n) is 3.13. The minimum Gasteiger partial charge on any atom is -0.376 e. The second-order valence-electron chi connectivity index (χ2n) is 6.37. The molecule has 2 heterocycles. The van der Waals surface area contributed by atoms with Gasteiger partial charge in [0.25, 0.3) is 5.56 Å². The number of para-hydroxylation sites is 1. The Bertz CT molecular complexity index is 794. The molecule has 0 radical (unpaired) electrons. The third-order valence-corrected chi connectivity index (χ3v) is 4.55. The molecule has 1 amide bonds. The molecule has 0 aliphatic carbocycles. The Morgan fingerprint density at radius 2 is 2.33 bits per heavy atom. The number of fused-ring (bicyclic) bond motifs is 1. The van der Waals surface area contributed by atoms with E-state index in [-0.39, 0.29) is 30.0 Å². The third-order valence-electron chi connectivity index (χ3n) is 4.55. The minimum absolute atomic E-state index is 0.00546. The number of aromatic nitrogens is 2. The Hall–Kier alpha value is -2.21. The molecular formula is C18H23N3O3. The van der Waals surface area contributed by atoms with Crippen molar-refractivity contribution in [2.45, 2.75) is 51.8 Å². The highest BCUT2D eigenvalue weighted by atomic mass is 16.5. The number of ether oxygens (including phenoxy) is 1. The van der Waals surface area contributed by atoms with Gasteiger partial charge in [0.05, 0.1) is 29.4 Å². The fourth-order valence-corrected chi connectivity index (χ4v) is 3.13. The van der Waals surface area contributed by atoms with Gasteiger partial charge in [0, 0.05) is 19.6 Å². The smallest absolute Gasteiger partial charge is 0.261 e. The van der Waals surface area contributed by atoms with Gasteiger partial charge < -0.3 is 10.1 Å². The molecular weight excluding hydrogens is 306 g/mol. The molecule has 1 aromatic heterocycles. The van der Waals surface area contributed by atoms with Gasteiger partial charge in [-0.05, 0) is 38.3 Å². The highest BCUT2D eigenvalue weighted by molar-refractivity contribution is 5.80. The summed E-state index contributed by atoms with van der Waals surface area (Å²) in [5, 5.41) is 3.55. The summed E-state index contributed by atoms with van der Waals surface area (Å²) in [6.07, 6.45) is 3.89. The highest BCUT2D eigenvalue weighted by Gasteiger charge is 2.23. The first-order chi connectivity index (χ1) is 11.6. The summed E-state index contributed by atoms with van der Waals surface area (Å²) in [5.74, 6) is -0.0748. The summed E-state index contributed by atoms with van der Waals surface area (Å²) in [4.78, 5) is 29.0. The number of carbonyl (C=O) groups excluding carboxylic acids is 1. The molecule has 24 heavy (non-hydrogen) atoms. The molecule has 1 aliphatic rings. The number of nitrogens with zero attached hydrogens (tertiary/aromatic N) is 2. The number of hydrogen-bond acceptors (Lipinski definition) is 4. The van der Waals surface area contributed by atoms with E-state index in [9.17, 15) is 9.59 Å². The lowest BCUT2D eigenvalue weighted by Gasteiger charge is -2.20. The van der Waals surface area contributed by atoms with E-state index in [2.05, 4.69) is 10.3 Å². The molecule has 1 aromatic carbocycles. The molecule has 1 fully saturated rings. The zero-order valence-electron chi connectivity index (χ0n) is 14.1. The number of nitrogens with one attached hydrogen (secondary N) is 1. The minimum atomic E-state index is -0.108. The van der Waals surface area contributed by atoms with Gasteiger partial charge >= 0.3 is 0 Å². The molecule has 0 bridgehead atoms. The Labute approximate surface area is 140 Å². The van der Waals surface area contributed by atoms with Gasteiger partial charge in [0.1, 0.15) is 0 Å². The molecule has 3 rings (SSSR count). The van der Waals surface area contributed by atoms with Crippen molar-refractivity contribution in [2.24, 2.45) is 0 Å². The van der Waals surface area contributed by atoms with Crippen LogP contribution in [0.2, 0.25) is 0 Å². The van der Waals surface area contributed by atoms with Gasteiger partial charge in [-0.15, -0.1) is 0 Å². The maximum atomic E-state index is 12.5. The monoisotopic (exact) mass is 329 g/mol. The van der Waals surface area contributed by atoms with Gasteiger partial charge in [-0.25, -0.2) is 4.98 Å². The van der Waals surface area contributed by atoms with Crippen molar-refractivity contribution in [1.82, 2.24) is 14.9 Å². The van der Waals surface area contributed by atoms with Gasteiger partial charge in [0.15, 0.2) is 0 Å². The normalized spacial score (nSPS) is 18.7. The summed E-state index contributed by atoms with van der Waals surface area (Å²) in [6, 6.07) is 5.54. The number of amides is 1. The van der Waals surface area contributed by atoms with Crippen molar-refractivity contribution in [2.75, 3.05) is 6.61 Å². The zero-order chi connectivity index (χ0) is 17.1. The number of benzene rings is 1. The Morgan fingerprint density at radius 3 is 3.08 bits per heavy atom. The number of aryl methyl sites for hydroxylation is 2. The SMILES string of the molecule is Cc1cccc2c(=O)n(CCC(=O)N[C@H](C)[C@H]3CCCO3)cnc12. The molecule has 6 heteroatoms. The molecule has 6 nitrogen and oxygen atoms in total. The lowest BCUT2D eigenvalue weighted by Crippen LogP contribution is -2.41. The molecule has 0 unspecified atom stereocenters. The molecule has 2 atom stereocenters. The first-order valence-corrected chi connectivity index (χ1v) is 8.42. The van der Waals surface area contributed by atoms with Gasteiger partial charge in [-0.3, -0.25) is 14.2 Å². The average Bonchev–Trinajstić information content (AvgIpc) is 3.09. The standard InChI is InChI=1S/C18H23N3O3/c1-12-5-3-6-14-17(12)19-11-21(18(14)23)9-8-16(22)20-13(2)15-7-4-10-24-15/h3,5-6,11,13,15H,4,7-10H2,1-2H3,(H,20,22)/t13-,15-/m1/s1. The summed E-state index contributed by atoms with van der Waals surface area (Å²) in [7, 11) is 0. The van der Waals surface area contributed by atoms with Crippen molar-refractivity contribution in [1.29, 1.82) is 0 Å². The third kappa shape index (κ3) is 3.48. The van der Waals surface area contributed by atoms with Crippen LogP contribution in [0.5, 0.6) is 0 Å². The first-order valence-electron chi connectivity index (χ1n) is 8.42. The highest BCUT2D eigenvalue weighted by Crippen LogP contribution is 2.15. The van der Waals surface area contributed by atoms with Crippen LogP contribution >= 0.6 is 0 Å². The van der Waals surface area contributed by atoms with E-state index < -0.39 is 0 Å². The Kier molecular flexibility index (Phi) is 4.94. The van der Waals surface area contributed by atoms with E-state index in [1.54, 1.807) is 6.07 Å². The number of rotatable bonds is 5. The first kappa shape index (κ1) is 16.6. The molecule has 2 aromatic rings. The average molecular weight is 329 g/mol. The predicted octanol–water partition coefficient (Wildman–Crippen LogP) is 1.78. The van der Waals surface area contributed by atoms with Gasteiger partial charge in [-0.1, -0.05) is 12.1 Å². The van der Waals surface area contributed by atoms with E-state index in [1.165, 1.54) is 10.9 Å². The second-order valence-corrected chi connectivity index (χ2v) is 6.37. The van der Waals surface area contributed by atoms with Crippen molar-refractivity contribution >= 4 is 16.8 Å². The Morgan fingerprint density at radius 1 is 1.50 bits per heavy atom. The number of hydrogen-bond donors (Lipinski definition) is 1. The molecule has 0 saturated carbocycles. The molecule has 1 aliphatic heterocycles. The molecule has 1 saturated heterocycles. The molecule has 128 valence electrons. The number of carbonyl (C=O) groups is 1. The van der Waals surface area contributed by atoms with Gasteiger partial charge in [-0.2, -0.15) is 0 Å². The van der Waals surface area contributed by atoms with Gasteiger partial charge in [0.2, 0.25) is 5.91 Å². The van der Waals surface area contributed by atoms with E-state index >= 15 is 0 Å². The molecule has 0 spiro atoms. The lowest BCUT2D eigenvalue weighted by molar-refractivity contribution is -0.122. The van der Waals surface area contributed by atoms with E-state index in [0.29, 0.717) is 11.9 Å². The maximum Gasteiger partial charge on any atom is 0.261 e. The summed E-state index contributed by atoms with van der Waals surface area (Å²) >= 11 is 0. The van der Waals surface area contributed by atoms with Crippen molar-refractivity contribution < 1.29 is 9.53 Å². The van der Waals surface area contributed by atoms with E-state index in [0.717, 1.165) is 30.5 Å².